The highest BCUT2D eigenvalue weighted by atomic mass is 16.5. The van der Waals surface area contributed by atoms with Crippen molar-refractivity contribution in [1.29, 1.82) is 0 Å². The number of benzene rings is 2. The van der Waals surface area contributed by atoms with E-state index < -0.39 is 24.4 Å². The van der Waals surface area contributed by atoms with Crippen molar-refractivity contribution in [2.45, 2.75) is 12.8 Å². The first-order valence-corrected chi connectivity index (χ1v) is 9.06. The van der Waals surface area contributed by atoms with Gasteiger partial charge in [-0.2, -0.15) is 0 Å². The first-order chi connectivity index (χ1) is 14.5. The van der Waals surface area contributed by atoms with Crippen molar-refractivity contribution in [2.75, 3.05) is 27.9 Å². The largest absolute Gasteiger partial charge is 0.497 e. The number of nitrogens with one attached hydrogen (secondary N) is 2. The highest BCUT2D eigenvalue weighted by Crippen LogP contribution is 2.27. The quantitative estimate of drug-likeness (QED) is 0.472. The Morgan fingerprint density at radius 2 is 1.53 bits per heavy atom. The summed E-state index contributed by atoms with van der Waals surface area (Å²) >= 11 is 0. The van der Waals surface area contributed by atoms with Crippen molar-refractivity contribution < 1.29 is 33.3 Å². The van der Waals surface area contributed by atoms with E-state index in [2.05, 4.69) is 10.9 Å². The van der Waals surface area contributed by atoms with Gasteiger partial charge in [-0.15, -0.1) is 0 Å². The number of hydrogen-bond acceptors (Lipinski definition) is 7. The first-order valence-electron chi connectivity index (χ1n) is 9.06. The molecule has 0 saturated heterocycles. The molecule has 0 atom stereocenters. The highest BCUT2D eigenvalue weighted by Gasteiger charge is 2.11. The van der Waals surface area contributed by atoms with Crippen LogP contribution in [-0.2, 0) is 20.7 Å². The zero-order valence-electron chi connectivity index (χ0n) is 17.0. The molecular formula is C21H24N2O7. The summed E-state index contributed by atoms with van der Waals surface area (Å²) in [6.45, 7) is -0.506. The number of carbonyl (C=O) groups excluding carboxylic acids is 3. The van der Waals surface area contributed by atoms with Gasteiger partial charge in [0.2, 0.25) is 0 Å². The van der Waals surface area contributed by atoms with E-state index in [9.17, 15) is 14.4 Å². The molecule has 9 heteroatoms. The lowest BCUT2D eigenvalue weighted by Crippen LogP contribution is -2.43. The number of carbonyl (C=O) groups is 3. The number of hydrogen-bond donors (Lipinski definition) is 2. The number of esters is 1. The van der Waals surface area contributed by atoms with Crippen LogP contribution >= 0.6 is 0 Å². The van der Waals surface area contributed by atoms with Gasteiger partial charge in [0, 0.05) is 12.0 Å². The molecule has 2 amide bonds. The second-order valence-electron chi connectivity index (χ2n) is 6.08. The monoisotopic (exact) mass is 416 g/mol. The average Bonchev–Trinajstić information content (AvgIpc) is 2.79. The number of aryl methyl sites for hydroxylation is 1. The van der Waals surface area contributed by atoms with Crippen LogP contribution in [0.25, 0.3) is 0 Å². The lowest BCUT2D eigenvalue weighted by molar-refractivity contribution is -0.148. The van der Waals surface area contributed by atoms with Gasteiger partial charge in [-0.05, 0) is 48.4 Å². The maximum atomic E-state index is 12.0. The standard InChI is InChI=1S/C21H24N2O7/c1-27-16-8-6-15(7-9-16)21(26)23-22-19(24)13-30-20(25)11-5-14-4-10-17(28-2)18(12-14)29-3/h4,6-10,12H,5,11,13H2,1-3H3,(H,22,24)(H,23,26). The van der Waals surface area contributed by atoms with E-state index in [1.165, 1.54) is 14.2 Å². The topological polar surface area (TPSA) is 112 Å². The van der Waals surface area contributed by atoms with Crippen LogP contribution in [0.5, 0.6) is 17.2 Å². The minimum absolute atomic E-state index is 0.0843. The SMILES string of the molecule is COc1ccc(C(=O)NNC(=O)COC(=O)CCc2ccc(OC)c(OC)c2)cc1. The molecule has 2 rings (SSSR count). The van der Waals surface area contributed by atoms with E-state index in [1.807, 2.05) is 6.07 Å². The molecule has 2 aromatic rings. The molecule has 0 saturated carbocycles. The lowest BCUT2D eigenvalue weighted by atomic mass is 10.1. The molecule has 9 nitrogen and oxygen atoms in total. The van der Waals surface area contributed by atoms with Crippen LogP contribution < -0.4 is 25.1 Å². The third-order valence-electron chi connectivity index (χ3n) is 4.10. The van der Waals surface area contributed by atoms with Gasteiger partial charge < -0.3 is 18.9 Å². The summed E-state index contributed by atoms with van der Waals surface area (Å²) in [4.78, 5) is 35.6. The normalized spacial score (nSPS) is 9.97. The summed E-state index contributed by atoms with van der Waals surface area (Å²) in [7, 11) is 4.59. The molecule has 0 aliphatic rings. The molecule has 0 unspecified atom stereocenters. The maximum absolute atomic E-state index is 12.0. The van der Waals surface area contributed by atoms with Crippen LogP contribution in [0, 0.1) is 0 Å². The van der Waals surface area contributed by atoms with Crippen LogP contribution in [-0.4, -0.2) is 45.7 Å². The molecule has 2 aromatic carbocycles. The Balaban J connectivity index is 1.71. The summed E-state index contributed by atoms with van der Waals surface area (Å²) in [6.07, 6.45) is 0.496. The van der Waals surface area contributed by atoms with Crippen LogP contribution in [0.1, 0.15) is 22.3 Å². The Hall–Kier alpha value is -3.75. The van der Waals surface area contributed by atoms with E-state index in [4.69, 9.17) is 18.9 Å². The number of methoxy groups -OCH3 is 3. The average molecular weight is 416 g/mol. The van der Waals surface area contributed by atoms with Crippen molar-refractivity contribution in [3.05, 3.63) is 53.6 Å². The minimum atomic E-state index is -0.656. The second kappa shape index (κ2) is 11.3. The number of rotatable bonds is 9. The zero-order valence-corrected chi connectivity index (χ0v) is 17.0. The molecular weight excluding hydrogens is 392 g/mol. The molecule has 0 heterocycles. The Bertz CT molecular complexity index is 881. The van der Waals surface area contributed by atoms with Gasteiger partial charge in [-0.25, -0.2) is 0 Å². The molecule has 0 aromatic heterocycles. The van der Waals surface area contributed by atoms with Crippen LogP contribution in [0.4, 0.5) is 0 Å². The van der Waals surface area contributed by atoms with Crippen LogP contribution in [0.2, 0.25) is 0 Å². The molecule has 160 valence electrons. The van der Waals surface area contributed by atoms with E-state index in [-0.39, 0.29) is 6.42 Å². The molecule has 0 radical (unpaired) electrons. The smallest absolute Gasteiger partial charge is 0.306 e. The summed E-state index contributed by atoms with van der Waals surface area (Å²) in [6, 6.07) is 11.7. The van der Waals surface area contributed by atoms with Gasteiger partial charge in [-0.3, -0.25) is 25.2 Å². The van der Waals surface area contributed by atoms with E-state index in [1.54, 1.807) is 43.5 Å². The zero-order chi connectivity index (χ0) is 21.9. The van der Waals surface area contributed by atoms with Crippen LogP contribution in [0.3, 0.4) is 0 Å². The minimum Gasteiger partial charge on any atom is -0.497 e. The molecule has 0 bridgehead atoms. The molecule has 0 aliphatic carbocycles. The van der Waals surface area contributed by atoms with Gasteiger partial charge >= 0.3 is 5.97 Å². The van der Waals surface area contributed by atoms with Crippen molar-refractivity contribution >= 4 is 17.8 Å². The summed E-state index contributed by atoms with van der Waals surface area (Å²) in [5.41, 5.74) is 5.63. The van der Waals surface area contributed by atoms with Crippen molar-refractivity contribution in [3.63, 3.8) is 0 Å². The van der Waals surface area contributed by atoms with E-state index in [0.717, 1.165) is 5.56 Å². The molecule has 0 aliphatic heterocycles. The van der Waals surface area contributed by atoms with E-state index >= 15 is 0 Å². The van der Waals surface area contributed by atoms with Crippen LogP contribution in [0.15, 0.2) is 42.5 Å². The van der Waals surface area contributed by atoms with Gasteiger partial charge in [0.15, 0.2) is 18.1 Å². The summed E-state index contributed by atoms with van der Waals surface area (Å²) in [5.74, 6) is 0.0617. The van der Waals surface area contributed by atoms with E-state index in [0.29, 0.717) is 29.2 Å². The van der Waals surface area contributed by atoms with Gasteiger partial charge in [0.05, 0.1) is 21.3 Å². The third kappa shape index (κ3) is 6.69. The molecule has 2 N–H and O–H groups in total. The second-order valence-corrected chi connectivity index (χ2v) is 6.08. The summed E-state index contributed by atoms with van der Waals surface area (Å²) in [5, 5.41) is 0. The number of hydrazine groups is 1. The number of amides is 2. The van der Waals surface area contributed by atoms with Gasteiger partial charge in [0.1, 0.15) is 5.75 Å². The Kier molecular flexibility index (Phi) is 8.49. The fourth-order valence-electron chi connectivity index (χ4n) is 2.48. The Morgan fingerprint density at radius 3 is 2.17 bits per heavy atom. The predicted octanol–water partition coefficient (Wildman–Crippen LogP) is 1.65. The third-order valence-corrected chi connectivity index (χ3v) is 4.10. The number of ether oxygens (including phenoxy) is 4. The van der Waals surface area contributed by atoms with Gasteiger partial charge in [-0.1, -0.05) is 6.07 Å². The van der Waals surface area contributed by atoms with Crippen molar-refractivity contribution in [2.24, 2.45) is 0 Å². The Labute approximate surface area is 174 Å². The fourth-order valence-corrected chi connectivity index (χ4v) is 2.48. The lowest BCUT2D eigenvalue weighted by Gasteiger charge is -2.10. The Morgan fingerprint density at radius 1 is 0.833 bits per heavy atom. The summed E-state index contributed by atoms with van der Waals surface area (Å²) < 4.78 is 20.3. The van der Waals surface area contributed by atoms with Gasteiger partial charge in [0.25, 0.3) is 11.8 Å². The fraction of sp³-hybridized carbons (Fsp3) is 0.286. The molecule has 30 heavy (non-hydrogen) atoms. The predicted molar refractivity (Wildman–Crippen MR) is 107 cm³/mol. The molecule has 0 fully saturated rings. The van der Waals surface area contributed by atoms with Crippen molar-refractivity contribution in [3.8, 4) is 17.2 Å². The van der Waals surface area contributed by atoms with Crippen molar-refractivity contribution in [1.82, 2.24) is 10.9 Å². The molecule has 0 spiro atoms. The first kappa shape index (κ1) is 22.5. The highest BCUT2D eigenvalue weighted by molar-refractivity contribution is 5.95. The maximum Gasteiger partial charge on any atom is 0.306 e.